The summed E-state index contributed by atoms with van der Waals surface area (Å²) in [5.74, 6) is -0.455. The van der Waals surface area contributed by atoms with Crippen molar-refractivity contribution in [1.82, 2.24) is 10.2 Å². The van der Waals surface area contributed by atoms with Crippen molar-refractivity contribution in [2.45, 2.75) is 12.6 Å². The Balaban J connectivity index is 2.23. The maximum atomic E-state index is 12.3. The maximum Gasteiger partial charge on any atom is 0.318 e. The van der Waals surface area contributed by atoms with Gasteiger partial charge in [0.2, 0.25) is 5.91 Å². The highest BCUT2D eigenvalue weighted by molar-refractivity contribution is 7.16. The molecule has 1 atom stereocenters. The summed E-state index contributed by atoms with van der Waals surface area (Å²) in [4.78, 5) is 26.2. The maximum absolute atomic E-state index is 12.3. The molecule has 3 N–H and O–H groups in total. The number of nitrogens with two attached hydrogens (primary N) is 1. The van der Waals surface area contributed by atoms with Gasteiger partial charge in [0, 0.05) is 11.4 Å². The number of carbonyl (C=O) groups is 2. The quantitative estimate of drug-likeness (QED) is 0.880. The predicted octanol–water partition coefficient (Wildman–Crippen LogP) is 2.77. The van der Waals surface area contributed by atoms with Gasteiger partial charge >= 0.3 is 6.03 Å². The first-order valence-electron chi connectivity index (χ1n) is 6.57. The molecule has 1 aromatic heterocycles. The van der Waals surface area contributed by atoms with Crippen LogP contribution in [0.1, 0.15) is 16.5 Å². The molecule has 0 bridgehead atoms. The van der Waals surface area contributed by atoms with Crippen LogP contribution in [0.4, 0.5) is 4.79 Å². The molecule has 2 aromatic rings. The van der Waals surface area contributed by atoms with Gasteiger partial charge in [0.25, 0.3) is 0 Å². The number of hydrogen-bond donors (Lipinski definition) is 2. The van der Waals surface area contributed by atoms with Crippen molar-refractivity contribution >= 4 is 34.9 Å². The molecule has 0 aliphatic heterocycles. The zero-order valence-corrected chi connectivity index (χ0v) is 13.5. The molecule has 0 spiro atoms. The molecule has 1 heterocycles. The van der Waals surface area contributed by atoms with Crippen LogP contribution in [-0.2, 0) is 11.3 Å². The van der Waals surface area contributed by atoms with Gasteiger partial charge in [-0.15, -0.1) is 11.3 Å². The topological polar surface area (TPSA) is 75.4 Å². The van der Waals surface area contributed by atoms with Crippen molar-refractivity contribution in [3.63, 3.8) is 0 Å². The van der Waals surface area contributed by atoms with Crippen LogP contribution in [0.2, 0.25) is 4.34 Å². The Morgan fingerprint density at radius 2 is 1.95 bits per heavy atom. The fourth-order valence-electron chi connectivity index (χ4n) is 2.20. The number of amides is 3. The predicted molar refractivity (Wildman–Crippen MR) is 87.7 cm³/mol. The Morgan fingerprint density at radius 1 is 1.27 bits per heavy atom. The van der Waals surface area contributed by atoms with E-state index in [0.717, 1.165) is 10.4 Å². The largest absolute Gasteiger partial charge is 0.351 e. The molecule has 0 aliphatic carbocycles. The van der Waals surface area contributed by atoms with Crippen LogP contribution in [0, 0.1) is 0 Å². The molecular weight excluding hydrogens is 322 g/mol. The number of urea groups is 1. The van der Waals surface area contributed by atoms with E-state index in [9.17, 15) is 9.59 Å². The van der Waals surface area contributed by atoms with Crippen molar-refractivity contribution in [2.75, 3.05) is 7.05 Å². The van der Waals surface area contributed by atoms with Gasteiger partial charge in [0.05, 0.1) is 4.34 Å². The molecule has 22 heavy (non-hydrogen) atoms. The van der Waals surface area contributed by atoms with Crippen LogP contribution in [-0.4, -0.2) is 23.9 Å². The van der Waals surface area contributed by atoms with Crippen LogP contribution in [0.5, 0.6) is 0 Å². The van der Waals surface area contributed by atoms with E-state index in [1.165, 1.54) is 11.3 Å². The zero-order valence-electron chi connectivity index (χ0n) is 12.0. The van der Waals surface area contributed by atoms with Gasteiger partial charge in [-0.1, -0.05) is 41.9 Å². The second kappa shape index (κ2) is 7.40. The van der Waals surface area contributed by atoms with Crippen molar-refractivity contribution in [3.05, 3.63) is 57.2 Å². The summed E-state index contributed by atoms with van der Waals surface area (Å²) in [5, 5.41) is 2.15. The summed E-state index contributed by atoms with van der Waals surface area (Å²) in [5.41, 5.74) is 5.84. The summed E-state index contributed by atoms with van der Waals surface area (Å²) in [6, 6.07) is 11.5. The first-order valence-corrected chi connectivity index (χ1v) is 7.76. The fraction of sp³-hybridized carbons (Fsp3) is 0.200. The van der Waals surface area contributed by atoms with E-state index in [1.807, 2.05) is 54.4 Å². The smallest absolute Gasteiger partial charge is 0.318 e. The highest BCUT2D eigenvalue weighted by Crippen LogP contribution is 2.26. The van der Waals surface area contributed by atoms with Gasteiger partial charge in [-0.2, -0.15) is 0 Å². The van der Waals surface area contributed by atoms with E-state index in [2.05, 4.69) is 5.32 Å². The van der Waals surface area contributed by atoms with E-state index >= 15 is 0 Å². The van der Waals surface area contributed by atoms with Crippen molar-refractivity contribution in [3.8, 4) is 0 Å². The lowest BCUT2D eigenvalue weighted by Crippen LogP contribution is -2.43. The number of halogens is 1. The molecule has 0 aliphatic rings. The molecule has 7 heteroatoms. The fourth-order valence-corrected chi connectivity index (χ4v) is 3.36. The molecular formula is C15H16ClN3O2S. The number of benzene rings is 1. The molecule has 0 saturated heterocycles. The van der Waals surface area contributed by atoms with Gasteiger partial charge in [0.1, 0.15) is 6.04 Å². The number of carbonyl (C=O) groups excluding carboxylic acids is 2. The third-order valence-corrected chi connectivity index (χ3v) is 4.30. The third-order valence-electron chi connectivity index (χ3n) is 3.08. The summed E-state index contributed by atoms with van der Waals surface area (Å²) in [6.45, 7) is 0.531. The van der Waals surface area contributed by atoms with Crippen molar-refractivity contribution in [2.24, 2.45) is 5.73 Å². The van der Waals surface area contributed by atoms with Crippen LogP contribution in [0.15, 0.2) is 42.5 Å². The van der Waals surface area contributed by atoms with Gasteiger partial charge in [-0.25, -0.2) is 4.79 Å². The summed E-state index contributed by atoms with van der Waals surface area (Å²) >= 11 is 7.39. The second-order valence-electron chi connectivity index (χ2n) is 4.79. The van der Waals surface area contributed by atoms with Crippen molar-refractivity contribution in [1.29, 1.82) is 0 Å². The number of hydrogen-bond acceptors (Lipinski definition) is 4. The highest BCUT2D eigenvalue weighted by atomic mass is 35.5. The molecule has 0 saturated carbocycles. The van der Waals surface area contributed by atoms with Gasteiger partial charge in [-0.05, 0) is 24.7 Å². The SMILES string of the molecule is CN(Cc1ccc(Cl)s1)C(C(=O)NC(N)=O)c1ccccc1. The van der Waals surface area contributed by atoms with E-state index in [-0.39, 0.29) is 0 Å². The number of imide groups is 1. The van der Waals surface area contributed by atoms with E-state index in [4.69, 9.17) is 17.3 Å². The van der Waals surface area contributed by atoms with Crippen LogP contribution >= 0.6 is 22.9 Å². The lowest BCUT2D eigenvalue weighted by atomic mass is 10.0. The number of primary amides is 1. The Labute approximate surface area is 137 Å². The Morgan fingerprint density at radius 3 is 2.50 bits per heavy atom. The number of nitrogens with zero attached hydrogens (tertiary/aromatic N) is 1. The molecule has 2 rings (SSSR count). The van der Waals surface area contributed by atoms with E-state index in [0.29, 0.717) is 10.9 Å². The zero-order chi connectivity index (χ0) is 16.1. The number of likely N-dealkylation sites (N-methyl/N-ethyl adjacent to an activating group) is 1. The van der Waals surface area contributed by atoms with Crippen LogP contribution in [0.25, 0.3) is 0 Å². The molecule has 5 nitrogen and oxygen atoms in total. The highest BCUT2D eigenvalue weighted by Gasteiger charge is 2.26. The summed E-state index contributed by atoms with van der Waals surface area (Å²) < 4.78 is 0.696. The third kappa shape index (κ3) is 4.30. The Kier molecular flexibility index (Phi) is 5.54. The van der Waals surface area contributed by atoms with E-state index in [1.54, 1.807) is 0 Å². The summed E-state index contributed by atoms with van der Waals surface area (Å²) in [6.07, 6.45) is 0. The van der Waals surface area contributed by atoms with Crippen LogP contribution < -0.4 is 11.1 Å². The molecule has 0 fully saturated rings. The number of nitrogens with one attached hydrogen (secondary N) is 1. The molecule has 116 valence electrons. The number of thiophene rings is 1. The first kappa shape index (κ1) is 16.5. The standard InChI is InChI=1S/C15H16ClN3O2S/c1-19(9-11-7-8-12(16)22-11)13(14(20)18-15(17)21)10-5-3-2-4-6-10/h2-8,13H,9H2,1H3,(H3,17,18,20,21). The monoisotopic (exact) mass is 337 g/mol. The first-order chi connectivity index (χ1) is 10.5. The van der Waals surface area contributed by atoms with E-state index < -0.39 is 18.0 Å². The van der Waals surface area contributed by atoms with Gasteiger partial charge in [0.15, 0.2) is 0 Å². The van der Waals surface area contributed by atoms with Crippen LogP contribution in [0.3, 0.4) is 0 Å². The second-order valence-corrected chi connectivity index (χ2v) is 6.59. The minimum absolute atomic E-state index is 0.455. The van der Waals surface area contributed by atoms with Crippen molar-refractivity contribution < 1.29 is 9.59 Å². The average Bonchev–Trinajstić information content (AvgIpc) is 2.84. The van der Waals surface area contributed by atoms with Gasteiger partial charge in [-0.3, -0.25) is 15.0 Å². The van der Waals surface area contributed by atoms with Gasteiger partial charge < -0.3 is 5.73 Å². The minimum atomic E-state index is -0.863. The normalized spacial score (nSPS) is 12.1. The Hall–Kier alpha value is -1.89. The molecule has 1 aromatic carbocycles. The molecule has 3 amide bonds. The Bertz CT molecular complexity index is 660. The lowest BCUT2D eigenvalue weighted by Gasteiger charge is -2.26. The molecule has 1 unspecified atom stereocenters. The number of rotatable bonds is 5. The minimum Gasteiger partial charge on any atom is -0.351 e. The lowest BCUT2D eigenvalue weighted by molar-refractivity contribution is -0.125. The summed E-state index contributed by atoms with van der Waals surface area (Å²) in [7, 11) is 1.81. The average molecular weight is 338 g/mol. The molecule has 0 radical (unpaired) electrons.